The standard InChI is InChI=1S/C17H21N5O3S/c1-11-3-4-12(2)14(9-11)22-17(18-19-20-22)26-10-15(23)21-7-5-13(6-8-21)16(24)25/h3-4,9,13H,5-8,10H2,1-2H3,(H,24,25). The molecule has 1 amide bonds. The van der Waals surface area contributed by atoms with E-state index in [2.05, 4.69) is 15.5 Å². The molecular weight excluding hydrogens is 354 g/mol. The molecule has 1 aliphatic rings. The second-order valence-corrected chi connectivity index (χ2v) is 7.39. The summed E-state index contributed by atoms with van der Waals surface area (Å²) in [6.07, 6.45) is 1.01. The maximum absolute atomic E-state index is 12.4. The smallest absolute Gasteiger partial charge is 0.306 e. The molecule has 3 rings (SSSR count). The second kappa shape index (κ2) is 7.86. The number of hydrogen-bond acceptors (Lipinski definition) is 6. The van der Waals surface area contributed by atoms with Gasteiger partial charge in [0, 0.05) is 13.1 Å². The van der Waals surface area contributed by atoms with Crippen molar-refractivity contribution in [2.24, 2.45) is 5.92 Å². The second-order valence-electron chi connectivity index (χ2n) is 6.45. The summed E-state index contributed by atoms with van der Waals surface area (Å²) in [5.41, 5.74) is 3.05. The molecule has 0 unspecified atom stereocenters. The van der Waals surface area contributed by atoms with Crippen LogP contribution in [0.2, 0.25) is 0 Å². The highest BCUT2D eigenvalue weighted by atomic mass is 32.2. The maximum Gasteiger partial charge on any atom is 0.306 e. The van der Waals surface area contributed by atoms with Gasteiger partial charge in [-0.1, -0.05) is 23.9 Å². The Labute approximate surface area is 155 Å². The van der Waals surface area contributed by atoms with Crippen molar-refractivity contribution in [3.05, 3.63) is 29.3 Å². The van der Waals surface area contributed by atoms with E-state index in [1.807, 2.05) is 32.0 Å². The lowest BCUT2D eigenvalue weighted by molar-refractivity contribution is -0.145. The predicted molar refractivity (Wildman–Crippen MR) is 96.3 cm³/mol. The summed E-state index contributed by atoms with van der Waals surface area (Å²) in [6.45, 7) is 4.96. The van der Waals surface area contributed by atoms with Crippen LogP contribution in [0.4, 0.5) is 0 Å². The Balaban J connectivity index is 1.63. The fourth-order valence-electron chi connectivity index (χ4n) is 2.96. The summed E-state index contributed by atoms with van der Waals surface area (Å²) >= 11 is 1.29. The van der Waals surface area contributed by atoms with E-state index in [9.17, 15) is 9.59 Å². The van der Waals surface area contributed by atoms with Crippen LogP contribution in [-0.2, 0) is 9.59 Å². The molecule has 1 N–H and O–H groups in total. The van der Waals surface area contributed by atoms with Crippen LogP contribution in [0.1, 0.15) is 24.0 Å². The van der Waals surface area contributed by atoms with Gasteiger partial charge in [0.1, 0.15) is 0 Å². The lowest BCUT2D eigenvalue weighted by Crippen LogP contribution is -2.41. The number of carboxylic acids is 1. The van der Waals surface area contributed by atoms with Crippen LogP contribution >= 0.6 is 11.8 Å². The minimum atomic E-state index is -0.779. The van der Waals surface area contributed by atoms with Crippen molar-refractivity contribution in [2.75, 3.05) is 18.8 Å². The normalized spacial score (nSPS) is 15.2. The Morgan fingerprint density at radius 1 is 1.27 bits per heavy atom. The molecule has 138 valence electrons. The summed E-state index contributed by atoms with van der Waals surface area (Å²) in [6, 6.07) is 6.05. The zero-order valence-corrected chi connectivity index (χ0v) is 15.6. The van der Waals surface area contributed by atoms with Crippen molar-refractivity contribution < 1.29 is 14.7 Å². The minimum absolute atomic E-state index is 0.0191. The quantitative estimate of drug-likeness (QED) is 0.794. The van der Waals surface area contributed by atoms with Gasteiger partial charge in [0.2, 0.25) is 11.1 Å². The Hall–Kier alpha value is -2.42. The van der Waals surface area contributed by atoms with Gasteiger partial charge >= 0.3 is 5.97 Å². The van der Waals surface area contributed by atoms with Crippen molar-refractivity contribution in [2.45, 2.75) is 31.8 Å². The number of aliphatic carboxylic acids is 1. The van der Waals surface area contributed by atoms with Crippen LogP contribution in [0.3, 0.4) is 0 Å². The van der Waals surface area contributed by atoms with Crippen LogP contribution in [-0.4, -0.2) is 60.9 Å². The van der Waals surface area contributed by atoms with E-state index in [1.54, 1.807) is 9.58 Å². The van der Waals surface area contributed by atoms with Gasteiger partial charge in [-0.2, -0.15) is 4.68 Å². The molecule has 0 aliphatic carbocycles. The van der Waals surface area contributed by atoms with Gasteiger partial charge in [0.25, 0.3) is 0 Å². The highest BCUT2D eigenvalue weighted by Crippen LogP contribution is 2.23. The van der Waals surface area contributed by atoms with E-state index in [4.69, 9.17) is 5.11 Å². The molecule has 1 aliphatic heterocycles. The monoisotopic (exact) mass is 375 g/mol. The Morgan fingerprint density at radius 3 is 2.69 bits per heavy atom. The maximum atomic E-state index is 12.4. The number of hydrogen-bond donors (Lipinski definition) is 1. The van der Waals surface area contributed by atoms with Crippen molar-refractivity contribution in [1.82, 2.24) is 25.1 Å². The summed E-state index contributed by atoms with van der Waals surface area (Å²) < 4.78 is 1.65. The van der Waals surface area contributed by atoms with Crippen LogP contribution in [0.25, 0.3) is 5.69 Å². The number of amides is 1. The number of likely N-dealkylation sites (tertiary alicyclic amines) is 1. The lowest BCUT2D eigenvalue weighted by atomic mass is 9.97. The van der Waals surface area contributed by atoms with Crippen LogP contribution < -0.4 is 0 Å². The van der Waals surface area contributed by atoms with E-state index in [0.29, 0.717) is 31.1 Å². The number of thioether (sulfide) groups is 1. The number of piperidine rings is 1. The Morgan fingerprint density at radius 2 is 2.00 bits per heavy atom. The van der Waals surface area contributed by atoms with Crippen molar-refractivity contribution in [3.8, 4) is 5.69 Å². The first-order valence-corrected chi connectivity index (χ1v) is 9.43. The molecule has 0 bridgehead atoms. The third-order valence-corrected chi connectivity index (χ3v) is 5.46. The molecule has 1 aromatic heterocycles. The fourth-order valence-corrected chi connectivity index (χ4v) is 3.75. The van der Waals surface area contributed by atoms with Gasteiger partial charge in [-0.25, -0.2) is 0 Å². The largest absolute Gasteiger partial charge is 0.481 e. The summed E-state index contributed by atoms with van der Waals surface area (Å²) in [5, 5.41) is 21.4. The van der Waals surface area contributed by atoms with Gasteiger partial charge in [0.05, 0.1) is 17.4 Å². The molecular formula is C17H21N5O3S. The number of carboxylic acid groups (broad SMARTS) is 1. The van der Waals surface area contributed by atoms with Crippen LogP contribution in [0.15, 0.2) is 23.4 Å². The number of carbonyl (C=O) groups excluding carboxylic acids is 1. The average Bonchev–Trinajstić information content (AvgIpc) is 3.10. The zero-order chi connectivity index (χ0) is 18.7. The molecule has 8 nitrogen and oxygen atoms in total. The zero-order valence-electron chi connectivity index (χ0n) is 14.8. The number of tetrazole rings is 1. The minimum Gasteiger partial charge on any atom is -0.481 e. The Kier molecular flexibility index (Phi) is 5.55. The molecule has 0 radical (unpaired) electrons. The molecule has 0 atom stereocenters. The Bertz CT molecular complexity index is 814. The topological polar surface area (TPSA) is 101 Å². The molecule has 1 saturated heterocycles. The summed E-state index contributed by atoms with van der Waals surface area (Å²) in [5.74, 6) is -0.917. The number of carbonyl (C=O) groups is 2. The third kappa shape index (κ3) is 4.04. The van der Waals surface area contributed by atoms with Gasteiger partial charge in [0.15, 0.2) is 0 Å². The van der Waals surface area contributed by atoms with E-state index in [0.717, 1.165) is 16.8 Å². The number of rotatable bonds is 5. The van der Waals surface area contributed by atoms with Gasteiger partial charge in [-0.15, -0.1) is 5.10 Å². The van der Waals surface area contributed by atoms with Crippen molar-refractivity contribution >= 4 is 23.6 Å². The van der Waals surface area contributed by atoms with Gasteiger partial charge in [-0.3, -0.25) is 9.59 Å². The van der Waals surface area contributed by atoms with E-state index < -0.39 is 5.97 Å². The first-order valence-electron chi connectivity index (χ1n) is 8.45. The molecule has 2 aromatic rings. The number of nitrogens with zero attached hydrogens (tertiary/aromatic N) is 5. The molecule has 2 heterocycles. The molecule has 1 fully saturated rings. The highest BCUT2D eigenvalue weighted by Gasteiger charge is 2.27. The number of aryl methyl sites for hydroxylation is 2. The average molecular weight is 375 g/mol. The molecule has 26 heavy (non-hydrogen) atoms. The number of benzene rings is 1. The van der Waals surface area contributed by atoms with Crippen LogP contribution in [0.5, 0.6) is 0 Å². The van der Waals surface area contributed by atoms with E-state index in [1.165, 1.54) is 11.8 Å². The molecule has 9 heteroatoms. The number of aromatic nitrogens is 4. The lowest BCUT2D eigenvalue weighted by Gasteiger charge is -2.30. The summed E-state index contributed by atoms with van der Waals surface area (Å²) in [4.78, 5) is 25.1. The van der Waals surface area contributed by atoms with Crippen molar-refractivity contribution in [1.29, 1.82) is 0 Å². The van der Waals surface area contributed by atoms with Gasteiger partial charge in [-0.05, 0) is 54.3 Å². The predicted octanol–water partition coefficient (Wildman–Crippen LogP) is 1.69. The third-order valence-electron chi connectivity index (χ3n) is 4.56. The highest BCUT2D eigenvalue weighted by molar-refractivity contribution is 7.99. The molecule has 0 spiro atoms. The molecule has 1 aromatic carbocycles. The van der Waals surface area contributed by atoms with Crippen molar-refractivity contribution in [3.63, 3.8) is 0 Å². The summed E-state index contributed by atoms with van der Waals surface area (Å²) in [7, 11) is 0. The van der Waals surface area contributed by atoms with Gasteiger partial charge < -0.3 is 10.0 Å². The molecule has 0 saturated carbocycles. The fraction of sp³-hybridized carbons (Fsp3) is 0.471. The van der Waals surface area contributed by atoms with Crippen LogP contribution in [0, 0.1) is 19.8 Å². The van der Waals surface area contributed by atoms with E-state index in [-0.39, 0.29) is 17.6 Å². The SMILES string of the molecule is Cc1ccc(C)c(-n2nnnc2SCC(=O)N2CCC(C(=O)O)CC2)c1. The first kappa shape index (κ1) is 18.4. The first-order chi connectivity index (χ1) is 12.5. The van der Waals surface area contributed by atoms with E-state index >= 15 is 0 Å².